The SMILES string of the molecule is CN=C(NCc1ccc(C(=O)N(C)C)cc1)NCc1cc(Cl)ccc1OC(F)F. The molecule has 0 fully saturated rings. The number of halogens is 3. The Kier molecular flexibility index (Phi) is 8.21. The van der Waals surface area contributed by atoms with Crippen molar-refractivity contribution in [2.24, 2.45) is 4.99 Å². The van der Waals surface area contributed by atoms with Crippen molar-refractivity contribution in [2.75, 3.05) is 21.1 Å². The molecule has 0 saturated heterocycles. The van der Waals surface area contributed by atoms with Gasteiger partial charge < -0.3 is 20.3 Å². The van der Waals surface area contributed by atoms with E-state index in [1.807, 2.05) is 12.1 Å². The molecule has 156 valence electrons. The van der Waals surface area contributed by atoms with Crippen LogP contribution >= 0.6 is 11.6 Å². The normalized spacial score (nSPS) is 11.3. The van der Waals surface area contributed by atoms with E-state index in [9.17, 15) is 13.6 Å². The van der Waals surface area contributed by atoms with E-state index < -0.39 is 6.61 Å². The van der Waals surface area contributed by atoms with Crippen LogP contribution < -0.4 is 15.4 Å². The van der Waals surface area contributed by atoms with E-state index in [-0.39, 0.29) is 18.2 Å². The lowest BCUT2D eigenvalue weighted by Crippen LogP contribution is -2.36. The van der Waals surface area contributed by atoms with Crippen LogP contribution in [0.15, 0.2) is 47.5 Å². The molecule has 2 aromatic rings. The first-order chi connectivity index (χ1) is 13.8. The number of benzene rings is 2. The van der Waals surface area contributed by atoms with Gasteiger partial charge in [0.2, 0.25) is 0 Å². The van der Waals surface area contributed by atoms with Crippen LogP contribution in [0.4, 0.5) is 8.78 Å². The van der Waals surface area contributed by atoms with Gasteiger partial charge in [0.25, 0.3) is 5.91 Å². The summed E-state index contributed by atoms with van der Waals surface area (Å²) < 4.78 is 29.6. The van der Waals surface area contributed by atoms with Gasteiger partial charge in [0.1, 0.15) is 5.75 Å². The van der Waals surface area contributed by atoms with Crippen LogP contribution in [0.5, 0.6) is 5.75 Å². The Bertz CT molecular complexity index is 858. The second-order valence-electron chi connectivity index (χ2n) is 6.31. The topological polar surface area (TPSA) is 66.0 Å². The highest BCUT2D eigenvalue weighted by molar-refractivity contribution is 6.30. The van der Waals surface area contributed by atoms with E-state index in [1.54, 1.807) is 39.3 Å². The zero-order valence-electron chi connectivity index (χ0n) is 16.4. The van der Waals surface area contributed by atoms with Crippen LogP contribution in [0.3, 0.4) is 0 Å². The first-order valence-corrected chi connectivity index (χ1v) is 9.16. The number of alkyl halides is 2. The number of ether oxygens (including phenoxy) is 1. The summed E-state index contributed by atoms with van der Waals surface area (Å²) in [6.45, 7) is -2.26. The number of amides is 1. The summed E-state index contributed by atoms with van der Waals surface area (Å²) in [4.78, 5) is 17.5. The molecule has 29 heavy (non-hydrogen) atoms. The van der Waals surface area contributed by atoms with E-state index in [1.165, 1.54) is 17.0 Å². The molecule has 0 saturated carbocycles. The van der Waals surface area contributed by atoms with Crippen molar-refractivity contribution < 1.29 is 18.3 Å². The number of hydrogen-bond donors (Lipinski definition) is 2. The Morgan fingerprint density at radius 3 is 2.38 bits per heavy atom. The summed E-state index contributed by atoms with van der Waals surface area (Å²) in [5.41, 5.74) is 2.04. The molecule has 0 aliphatic carbocycles. The molecular weight excluding hydrogens is 402 g/mol. The monoisotopic (exact) mass is 424 g/mol. The molecule has 1 amide bonds. The smallest absolute Gasteiger partial charge is 0.387 e. The van der Waals surface area contributed by atoms with Crippen LogP contribution in [0, 0.1) is 0 Å². The largest absolute Gasteiger partial charge is 0.434 e. The Morgan fingerprint density at radius 1 is 1.14 bits per heavy atom. The van der Waals surface area contributed by atoms with E-state index in [4.69, 9.17) is 11.6 Å². The van der Waals surface area contributed by atoms with Crippen LogP contribution in [-0.4, -0.2) is 44.5 Å². The van der Waals surface area contributed by atoms with Crippen LogP contribution in [0.1, 0.15) is 21.5 Å². The summed E-state index contributed by atoms with van der Waals surface area (Å²) in [7, 11) is 5.00. The number of rotatable bonds is 7. The number of aliphatic imine (C=N–C) groups is 1. The molecule has 0 atom stereocenters. The minimum atomic E-state index is -2.92. The molecule has 0 aliphatic heterocycles. The van der Waals surface area contributed by atoms with E-state index >= 15 is 0 Å². The lowest BCUT2D eigenvalue weighted by Gasteiger charge is -2.15. The third kappa shape index (κ3) is 6.90. The highest BCUT2D eigenvalue weighted by Crippen LogP contribution is 2.24. The van der Waals surface area contributed by atoms with Crippen molar-refractivity contribution in [1.29, 1.82) is 0 Å². The summed E-state index contributed by atoms with van der Waals surface area (Å²) >= 11 is 5.95. The molecule has 2 aromatic carbocycles. The van der Waals surface area contributed by atoms with Gasteiger partial charge in [-0.1, -0.05) is 23.7 Å². The fraction of sp³-hybridized carbons (Fsp3) is 0.300. The number of hydrogen-bond acceptors (Lipinski definition) is 3. The van der Waals surface area contributed by atoms with Crippen LogP contribution in [0.25, 0.3) is 0 Å². The molecule has 0 radical (unpaired) electrons. The van der Waals surface area contributed by atoms with Crippen LogP contribution in [-0.2, 0) is 13.1 Å². The van der Waals surface area contributed by atoms with Gasteiger partial charge in [-0.2, -0.15) is 8.78 Å². The lowest BCUT2D eigenvalue weighted by molar-refractivity contribution is -0.0504. The van der Waals surface area contributed by atoms with Gasteiger partial charge in [-0.25, -0.2) is 0 Å². The summed E-state index contributed by atoms with van der Waals surface area (Å²) in [6, 6.07) is 11.7. The van der Waals surface area contributed by atoms with Crippen molar-refractivity contribution in [3.05, 3.63) is 64.2 Å². The molecule has 0 heterocycles. The van der Waals surface area contributed by atoms with Crippen LogP contribution in [0.2, 0.25) is 5.02 Å². The molecule has 0 unspecified atom stereocenters. The van der Waals surface area contributed by atoms with E-state index in [2.05, 4.69) is 20.4 Å². The number of carbonyl (C=O) groups excluding carboxylic acids is 1. The Labute approximate surface area is 173 Å². The predicted molar refractivity (Wildman–Crippen MR) is 110 cm³/mol. The highest BCUT2D eigenvalue weighted by atomic mass is 35.5. The number of guanidine groups is 1. The molecule has 2 N–H and O–H groups in total. The summed E-state index contributed by atoms with van der Waals surface area (Å²) in [6.07, 6.45) is 0. The molecule has 0 bridgehead atoms. The summed E-state index contributed by atoms with van der Waals surface area (Å²) in [5.74, 6) is 0.459. The first-order valence-electron chi connectivity index (χ1n) is 8.78. The zero-order valence-corrected chi connectivity index (χ0v) is 17.1. The average Bonchev–Trinajstić information content (AvgIpc) is 2.69. The maximum atomic E-state index is 12.6. The van der Waals surface area contributed by atoms with Crippen molar-refractivity contribution in [3.8, 4) is 5.75 Å². The molecule has 0 aromatic heterocycles. The van der Waals surface area contributed by atoms with E-state index in [0.717, 1.165) is 5.56 Å². The third-order valence-electron chi connectivity index (χ3n) is 3.98. The van der Waals surface area contributed by atoms with Gasteiger partial charge in [0.15, 0.2) is 5.96 Å². The Balaban J connectivity index is 1.95. The van der Waals surface area contributed by atoms with Gasteiger partial charge in [0.05, 0.1) is 0 Å². The van der Waals surface area contributed by atoms with Crippen molar-refractivity contribution in [1.82, 2.24) is 15.5 Å². The third-order valence-corrected chi connectivity index (χ3v) is 4.21. The molecule has 0 aliphatic rings. The van der Waals surface area contributed by atoms with Crippen molar-refractivity contribution in [3.63, 3.8) is 0 Å². The van der Waals surface area contributed by atoms with E-state index in [0.29, 0.717) is 28.7 Å². The van der Waals surface area contributed by atoms with Gasteiger partial charge in [0, 0.05) is 50.4 Å². The quantitative estimate of drug-likeness (QED) is 0.527. The maximum absolute atomic E-state index is 12.6. The lowest BCUT2D eigenvalue weighted by atomic mass is 10.1. The molecule has 9 heteroatoms. The zero-order chi connectivity index (χ0) is 21.4. The van der Waals surface area contributed by atoms with Gasteiger partial charge in [-0.15, -0.1) is 0 Å². The number of nitrogens with one attached hydrogen (secondary N) is 2. The number of nitrogens with zero attached hydrogens (tertiary/aromatic N) is 2. The van der Waals surface area contributed by atoms with Crippen molar-refractivity contribution in [2.45, 2.75) is 19.7 Å². The predicted octanol–water partition coefficient (Wildman–Crippen LogP) is 3.51. The van der Waals surface area contributed by atoms with Crippen molar-refractivity contribution >= 4 is 23.5 Å². The fourth-order valence-electron chi connectivity index (χ4n) is 2.51. The summed E-state index contributed by atoms with van der Waals surface area (Å²) in [5, 5.41) is 6.58. The second-order valence-corrected chi connectivity index (χ2v) is 6.74. The molecule has 6 nitrogen and oxygen atoms in total. The fourth-order valence-corrected chi connectivity index (χ4v) is 2.70. The van der Waals surface area contributed by atoms with Gasteiger partial charge in [-0.3, -0.25) is 9.79 Å². The average molecular weight is 425 g/mol. The molecule has 0 spiro atoms. The Morgan fingerprint density at radius 2 is 1.79 bits per heavy atom. The molecule has 2 rings (SSSR count). The van der Waals surface area contributed by atoms with Gasteiger partial charge >= 0.3 is 6.61 Å². The minimum absolute atomic E-state index is 0.0495. The standard InChI is InChI=1S/C20H23ClF2N4O2/c1-24-20(25-11-13-4-6-14(7-5-13)18(28)27(2)3)26-12-15-10-16(21)8-9-17(15)29-19(22)23/h4-10,19H,11-12H2,1-3H3,(H2,24,25,26). The van der Waals surface area contributed by atoms with Gasteiger partial charge in [-0.05, 0) is 35.9 Å². The second kappa shape index (κ2) is 10.6. The first kappa shape index (κ1) is 22.4. The highest BCUT2D eigenvalue weighted by Gasteiger charge is 2.11. The molecular formula is C20H23ClF2N4O2. The maximum Gasteiger partial charge on any atom is 0.387 e. The minimum Gasteiger partial charge on any atom is -0.434 e. The Hall–Kier alpha value is -2.87. The number of carbonyl (C=O) groups is 1.